The summed E-state index contributed by atoms with van der Waals surface area (Å²) < 4.78 is 62.8. The van der Waals surface area contributed by atoms with Crippen LogP contribution in [-0.2, 0) is 16.0 Å². The molecule has 9 heteroatoms. The van der Waals surface area contributed by atoms with Crippen molar-refractivity contribution in [3.05, 3.63) is 70.2 Å². The molecule has 0 atom stereocenters. The van der Waals surface area contributed by atoms with Crippen molar-refractivity contribution in [1.29, 1.82) is 5.26 Å². The van der Waals surface area contributed by atoms with E-state index in [0.29, 0.717) is 5.02 Å². The minimum Gasteiger partial charge on any atom is -0.360 e. The molecule has 0 aromatic heterocycles. The molecular formula is C16H10ClF3N2O2S. The summed E-state index contributed by atoms with van der Waals surface area (Å²) in [4.78, 5) is -0.803. The molecule has 0 heterocycles. The van der Waals surface area contributed by atoms with E-state index in [1.807, 2.05) is 0 Å². The fourth-order valence-electron chi connectivity index (χ4n) is 1.84. The summed E-state index contributed by atoms with van der Waals surface area (Å²) in [6.45, 7) is 0. The van der Waals surface area contributed by atoms with Gasteiger partial charge in [0, 0.05) is 16.9 Å². The Balaban J connectivity index is 2.32. The van der Waals surface area contributed by atoms with Crippen LogP contribution in [0.5, 0.6) is 0 Å². The molecule has 2 rings (SSSR count). The van der Waals surface area contributed by atoms with Crippen molar-refractivity contribution in [1.82, 2.24) is 0 Å². The summed E-state index contributed by atoms with van der Waals surface area (Å²) in [7, 11) is -4.12. The lowest BCUT2D eigenvalue weighted by molar-refractivity contribution is -0.137. The van der Waals surface area contributed by atoms with Crippen LogP contribution < -0.4 is 5.32 Å². The Morgan fingerprint density at radius 2 is 1.80 bits per heavy atom. The van der Waals surface area contributed by atoms with Gasteiger partial charge in [-0.2, -0.15) is 18.4 Å². The predicted molar refractivity (Wildman–Crippen MR) is 87.4 cm³/mol. The number of benzene rings is 2. The number of nitriles is 1. The Bertz CT molecular complexity index is 947. The number of anilines is 1. The van der Waals surface area contributed by atoms with Crippen molar-refractivity contribution in [2.24, 2.45) is 0 Å². The first-order valence-electron chi connectivity index (χ1n) is 6.69. The van der Waals surface area contributed by atoms with E-state index in [1.54, 1.807) is 0 Å². The van der Waals surface area contributed by atoms with Gasteiger partial charge in [-0.1, -0.05) is 17.7 Å². The van der Waals surface area contributed by atoms with Gasteiger partial charge in [-0.15, -0.1) is 0 Å². The maximum Gasteiger partial charge on any atom is 0.416 e. The van der Waals surface area contributed by atoms with Gasteiger partial charge in [0.05, 0.1) is 10.5 Å². The minimum atomic E-state index is -4.53. The van der Waals surface area contributed by atoms with Crippen LogP contribution in [-0.4, -0.2) is 8.42 Å². The van der Waals surface area contributed by atoms with Crippen LogP contribution in [0.25, 0.3) is 0 Å². The molecule has 0 saturated heterocycles. The lowest BCUT2D eigenvalue weighted by atomic mass is 10.2. The molecule has 1 N–H and O–H groups in total. The molecule has 25 heavy (non-hydrogen) atoms. The Morgan fingerprint density at radius 1 is 1.16 bits per heavy atom. The van der Waals surface area contributed by atoms with Gasteiger partial charge in [-0.25, -0.2) is 8.42 Å². The maximum atomic E-state index is 12.7. The molecule has 2 aromatic rings. The van der Waals surface area contributed by atoms with Crippen molar-refractivity contribution in [3.63, 3.8) is 0 Å². The zero-order valence-corrected chi connectivity index (χ0v) is 14.0. The van der Waals surface area contributed by atoms with Crippen LogP contribution in [0.3, 0.4) is 0 Å². The molecular weight excluding hydrogens is 377 g/mol. The topological polar surface area (TPSA) is 70.0 Å². The highest BCUT2D eigenvalue weighted by Crippen LogP contribution is 2.30. The number of hydrogen-bond acceptors (Lipinski definition) is 4. The number of alkyl halides is 3. The zero-order valence-electron chi connectivity index (χ0n) is 12.4. The second-order valence-corrected chi connectivity index (χ2v) is 7.16. The average Bonchev–Trinajstić information content (AvgIpc) is 2.55. The summed E-state index contributed by atoms with van der Waals surface area (Å²) >= 11 is 5.69. The Morgan fingerprint density at radius 3 is 2.36 bits per heavy atom. The van der Waals surface area contributed by atoms with Crippen molar-refractivity contribution in [3.8, 4) is 6.07 Å². The molecule has 0 radical (unpaired) electrons. The minimum absolute atomic E-state index is 0.00567. The van der Waals surface area contributed by atoms with E-state index >= 15 is 0 Å². The molecule has 0 aliphatic carbocycles. The number of nitrogens with zero attached hydrogens (tertiary/aromatic N) is 1. The second-order valence-electron chi connectivity index (χ2n) is 4.80. The largest absolute Gasteiger partial charge is 0.416 e. The fraction of sp³-hybridized carbons (Fsp3) is 0.0625. The number of nitrogens with one attached hydrogen (secondary N) is 1. The first-order valence-corrected chi connectivity index (χ1v) is 8.55. The highest BCUT2D eigenvalue weighted by atomic mass is 35.5. The van der Waals surface area contributed by atoms with Crippen LogP contribution in [0.1, 0.15) is 5.56 Å². The molecule has 0 aliphatic rings. The van der Waals surface area contributed by atoms with Gasteiger partial charge in [-0.3, -0.25) is 0 Å². The number of hydrogen-bond donors (Lipinski definition) is 1. The van der Waals surface area contributed by atoms with E-state index in [1.165, 1.54) is 42.5 Å². The average molecular weight is 387 g/mol. The number of halogens is 4. The van der Waals surface area contributed by atoms with Gasteiger partial charge in [0.15, 0.2) is 4.91 Å². The molecule has 2 aromatic carbocycles. The zero-order chi connectivity index (χ0) is 18.7. The van der Waals surface area contributed by atoms with E-state index in [4.69, 9.17) is 16.9 Å². The first kappa shape index (κ1) is 18.8. The van der Waals surface area contributed by atoms with Gasteiger partial charge in [-0.05, 0) is 42.5 Å². The normalized spacial score (nSPS) is 12.5. The van der Waals surface area contributed by atoms with Gasteiger partial charge in [0.1, 0.15) is 6.07 Å². The molecule has 4 nitrogen and oxygen atoms in total. The van der Waals surface area contributed by atoms with Gasteiger partial charge in [0.25, 0.3) is 0 Å². The summed E-state index contributed by atoms with van der Waals surface area (Å²) in [5.74, 6) is 0. The Labute approximate surface area is 147 Å². The fourth-order valence-corrected chi connectivity index (χ4v) is 3.05. The van der Waals surface area contributed by atoms with Crippen molar-refractivity contribution in [2.45, 2.75) is 11.1 Å². The summed E-state index contributed by atoms with van der Waals surface area (Å²) in [5, 5.41) is 11.8. The number of allylic oxidation sites excluding steroid dienone is 1. The molecule has 0 fully saturated rings. The molecule has 0 aliphatic heterocycles. The first-order chi connectivity index (χ1) is 11.6. The maximum absolute atomic E-state index is 12.7. The SMILES string of the molecule is N#CC(=CNc1cccc(C(F)(F)F)c1)S(=O)(=O)c1ccc(Cl)cc1. The quantitative estimate of drug-likeness (QED) is 0.779. The molecule has 0 unspecified atom stereocenters. The lowest BCUT2D eigenvalue weighted by Crippen LogP contribution is -2.07. The predicted octanol–water partition coefficient (Wildman–Crippen LogP) is 4.61. The lowest BCUT2D eigenvalue weighted by Gasteiger charge is -2.09. The van der Waals surface area contributed by atoms with Gasteiger partial charge in [0.2, 0.25) is 9.84 Å². The van der Waals surface area contributed by atoms with Crippen LogP contribution in [0.4, 0.5) is 18.9 Å². The van der Waals surface area contributed by atoms with E-state index in [-0.39, 0.29) is 10.6 Å². The molecule has 0 amide bonds. The van der Waals surface area contributed by atoms with E-state index in [0.717, 1.165) is 18.3 Å². The smallest absolute Gasteiger partial charge is 0.360 e. The number of sulfone groups is 1. The van der Waals surface area contributed by atoms with Crippen LogP contribution in [0.15, 0.2) is 64.5 Å². The number of rotatable bonds is 4. The van der Waals surface area contributed by atoms with Crippen LogP contribution in [0.2, 0.25) is 5.02 Å². The van der Waals surface area contributed by atoms with Crippen molar-refractivity contribution >= 4 is 27.1 Å². The standard InChI is InChI=1S/C16H10ClF3N2O2S/c17-12-4-6-14(7-5-12)25(23,24)15(9-21)10-22-13-3-1-2-11(8-13)16(18,19)20/h1-8,10,22H. The second kappa shape index (κ2) is 7.17. The Hall–Kier alpha value is -2.50. The van der Waals surface area contributed by atoms with Gasteiger partial charge >= 0.3 is 6.18 Å². The summed E-state index contributed by atoms with van der Waals surface area (Å²) in [6, 6.07) is 10.9. The third-order valence-electron chi connectivity index (χ3n) is 3.08. The van der Waals surface area contributed by atoms with Crippen LogP contribution >= 0.6 is 11.6 Å². The van der Waals surface area contributed by atoms with E-state index in [2.05, 4.69) is 5.32 Å². The van der Waals surface area contributed by atoms with E-state index in [9.17, 15) is 21.6 Å². The highest BCUT2D eigenvalue weighted by molar-refractivity contribution is 7.95. The van der Waals surface area contributed by atoms with Crippen LogP contribution in [0, 0.1) is 11.3 Å². The molecule has 0 spiro atoms. The van der Waals surface area contributed by atoms with Crippen molar-refractivity contribution < 1.29 is 21.6 Å². The van der Waals surface area contributed by atoms with Crippen molar-refractivity contribution in [2.75, 3.05) is 5.32 Å². The summed E-state index contributed by atoms with van der Waals surface area (Å²) in [6.07, 6.45) is -3.69. The third-order valence-corrected chi connectivity index (χ3v) is 5.02. The molecule has 0 saturated carbocycles. The highest BCUT2D eigenvalue weighted by Gasteiger charge is 2.30. The summed E-state index contributed by atoms with van der Waals surface area (Å²) in [5.41, 5.74) is -0.904. The van der Waals surface area contributed by atoms with Gasteiger partial charge < -0.3 is 5.32 Å². The van der Waals surface area contributed by atoms with E-state index < -0.39 is 26.5 Å². The Kier molecular flexibility index (Phi) is 5.40. The molecule has 0 bridgehead atoms. The monoisotopic (exact) mass is 386 g/mol. The molecule has 130 valence electrons. The third kappa shape index (κ3) is 4.53.